The van der Waals surface area contributed by atoms with Crippen LogP contribution in [0.3, 0.4) is 0 Å². The number of nitrogens with zero attached hydrogens (tertiary/aromatic N) is 1. The van der Waals surface area contributed by atoms with Gasteiger partial charge in [0.25, 0.3) is 5.56 Å². The SMILES string of the molecule is Cc1ccc(C2C=C(c3ccccc3)Oc3nc[nH]c(=O)c32)cc1. The van der Waals surface area contributed by atoms with Crippen LogP contribution in [0.2, 0.25) is 0 Å². The topological polar surface area (TPSA) is 55.0 Å². The lowest BCUT2D eigenvalue weighted by Crippen LogP contribution is -2.22. The van der Waals surface area contributed by atoms with Crippen LogP contribution < -0.4 is 10.3 Å². The summed E-state index contributed by atoms with van der Waals surface area (Å²) >= 11 is 0. The Morgan fingerprint density at radius 2 is 1.79 bits per heavy atom. The van der Waals surface area contributed by atoms with Crippen LogP contribution in [0.1, 0.15) is 28.2 Å². The Bertz CT molecular complexity index is 957. The molecule has 0 fully saturated rings. The van der Waals surface area contributed by atoms with E-state index < -0.39 is 0 Å². The summed E-state index contributed by atoms with van der Waals surface area (Å²) in [6.45, 7) is 2.04. The predicted molar refractivity (Wildman–Crippen MR) is 92.9 cm³/mol. The van der Waals surface area contributed by atoms with Crippen molar-refractivity contribution in [2.24, 2.45) is 0 Å². The fourth-order valence-electron chi connectivity index (χ4n) is 2.92. The Labute approximate surface area is 139 Å². The Kier molecular flexibility index (Phi) is 3.50. The van der Waals surface area contributed by atoms with Gasteiger partial charge in [0.1, 0.15) is 5.76 Å². The van der Waals surface area contributed by atoms with Crippen molar-refractivity contribution >= 4 is 5.76 Å². The molecule has 2 aromatic carbocycles. The largest absolute Gasteiger partial charge is 0.438 e. The van der Waals surface area contributed by atoms with Gasteiger partial charge in [-0.3, -0.25) is 4.79 Å². The number of aromatic nitrogens is 2. The summed E-state index contributed by atoms with van der Waals surface area (Å²) in [6, 6.07) is 18.0. The van der Waals surface area contributed by atoms with Crippen molar-refractivity contribution in [1.82, 2.24) is 9.97 Å². The molecule has 1 N–H and O–H groups in total. The molecule has 0 bridgehead atoms. The van der Waals surface area contributed by atoms with Crippen LogP contribution in [0.5, 0.6) is 5.88 Å². The third-order valence-corrected chi connectivity index (χ3v) is 4.18. The molecule has 4 nitrogen and oxygen atoms in total. The molecule has 2 heterocycles. The zero-order valence-electron chi connectivity index (χ0n) is 13.2. The summed E-state index contributed by atoms with van der Waals surface area (Å²) in [5, 5.41) is 0. The fourth-order valence-corrected chi connectivity index (χ4v) is 2.92. The highest BCUT2D eigenvalue weighted by molar-refractivity contribution is 5.67. The van der Waals surface area contributed by atoms with E-state index in [1.165, 1.54) is 11.9 Å². The number of ether oxygens (including phenoxy) is 1. The van der Waals surface area contributed by atoms with E-state index >= 15 is 0 Å². The molecule has 3 aromatic rings. The Balaban J connectivity index is 1.89. The standard InChI is InChI=1S/C20H16N2O2/c1-13-7-9-14(10-8-13)16-11-17(15-5-3-2-4-6-15)24-20-18(16)19(23)21-12-22-20/h2-12,16H,1H3,(H,21,22,23). The summed E-state index contributed by atoms with van der Waals surface area (Å²) < 4.78 is 5.90. The zero-order valence-corrected chi connectivity index (χ0v) is 13.2. The zero-order chi connectivity index (χ0) is 16.5. The number of nitrogens with one attached hydrogen (secondary N) is 1. The molecule has 1 atom stereocenters. The van der Waals surface area contributed by atoms with Gasteiger partial charge in [-0.1, -0.05) is 60.2 Å². The summed E-state index contributed by atoms with van der Waals surface area (Å²) in [5.74, 6) is 0.888. The summed E-state index contributed by atoms with van der Waals surface area (Å²) in [7, 11) is 0. The van der Waals surface area contributed by atoms with Gasteiger partial charge in [-0.2, -0.15) is 0 Å². The first-order valence-electron chi connectivity index (χ1n) is 7.81. The van der Waals surface area contributed by atoms with Gasteiger partial charge in [0.05, 0.1) is 11.9 Å². The van der Waals surface area contributed by atoms with E-state index in [1.807, 2.05) is 67.6 Å². The first-order chi connectivity index (χ1) is 11.7. The number of fused-ring (bicyclic) bond motifs is 1. The second kappa shape index (κ2) is 5.81. The van der Waals surface area contributed by atoms with Crippen LogP contribution in [0.25, 0.3) is 5.76 Å². The maximum atomic E-state index is 12.4. The normalized spacial score (nSPS) is 16.0. The van der Waals surface area contributed by atoms with Crippen molar-refractivity contribution in [3.05, 3.63) is 99.6 Å². The average molecular weight is 316 g/mol. The molecule has 24 heavy (non-hydrogen) atoms. The number of H-pyrrole nitrogens is 1. The molecular weight excluding hydrogens is 300 g/mol. The van der Waals surface area contributed by atoms with Gasteiger partial charge in [-0.05, 0) is 18.6 Å². The molecule has 0 saturated carbocycles. The number of allylic oxidation sites excluding steroid dienone is 1. The molecule has 0 aliphatic carbocycles. The highest BCUT2D eigenvalue weighted by atomic mass is 16.5. The number of aryl methyl sites for hydroxylation is 1. The molecule has 0 radical (unpaired) electrons. The minimum absolute atomic E-state index is 0.172. The maximum Gasteiger partial charge on any atom is 0.258 e. The van der Waals surface area contributed by atoms with Crippen LogP contribution in [-0.4, -0.2) is 9.97 Å². The highest BCUT2D eigenvalue weighted by Gasteiger charge is 2.27. The first-order valence-corrected chi connectivity index (χ1v) is 7.81. The Morgan fingerprint density at radius 1 is 1.04 bits per heavy atom. The summed E-state index contributed by atoms with van der Waals surface area (Å²) in [4.78, 5) is 19.2. The second-order valence-corrected chi connectivity index (χ2v) is 5.84. The lowest BCUT2D eigenvalue weighted by Gasteiger charge is -2.23. The van der Waals surface area contributed by atoms with Crippen molar-refractivity contribution in [3.63, 3.8) is 0 Å². The molecular formula is C20H16N2O2. The van der Waals surface area contributed by atoms with E-state index in [9.17, 15) is 4.79 Å². The van der Waals surface area contributed by atoms with Gasteiger partial charge >= 0.3 is 0 Å². The number of aromatic amines is 1. The molecule has 0 amide bonds. The van der Waals surface area contributed by atoms with Gasteiger partial charge in [-0.15, -0.1) is 0 Å². The second-order valence-electron chi connectivity index (χ2n) is 5.84. The van der Waals surface area contributed by atoms with Crippen LogP contribution >= 0.6 is 0 Å². The Morgan fingerprint density at radius 3 is 2.54 bits per heavy atom. The molecule has 1 unspecified atom stereocenters. The molecule has 4 heteroatoms. The van der Waals surface area contributed by atoms with Gasteiger partial charge < -0.3 is 9.72 Å². The summed E-state index contributed by atoms with van der Waals surface area (Å²) in [5.41, 5.74) is 3.55. The van der Waals surface area contributed by atoms with Crippen LogP contribution in [0.4, 0.5) is 0 Å². The number of benzene rings is 2. The minimum atomic E-state index is -0.193. The molecule has 0 spiro atoms. The maximum absolute atomic E-state index is 12.4. The van der Waals surface area contributed by atoms with Crippen LogP contribution in [0.15, 0.2) is 71.8 Å². The van der Waals surface area contributed by atoms with E-state index in [-0.39, 0.29) is 11.5 Å². The van der Waals surface area contributed by atoms with Gasteiger partial charge in [0, 0.05) is 11.5 Å². The third kappa shape index (κ3) is 2.52. The van der Waals surface area contributed by atoms with Crippen molar-refractivity contribution < 1.29 is 4.74 Å². The minimum Gasteiger partial charge on any atom is -0.438 e. The van der Waals surface area contributed by atoms with E-state index in [4.69, 9.17) is 4.74 Å². The third-order valence-electron chi connectivity index (χ3n) is 4.18. The lowest BCUT2D eigenvalue weighted by atomic mass is 9.89. The number of rotatable bonds is 2. The van der Waals surface area contributed by atoms with Crippen molar-refractivity contribution in [1.29, 1.82) is 0 Å². The van der Waals surface area contributed by atoms with Crippen molar-refractivity contribution in [2.75, 3.05) is 0 Å². The van der Waals surface area contributed by atoms with Gasteiger partial charge in [0.2, 0.25) is 5.88 Å². The van der Waals surface area contributed by atoms with Crippen molar-refractivity contribution in [3.8, 4) is 5.88 Å². The predicted octanol–water partition coefficient (Wildman–Crippen LogP) is 3.64. The van der Waals surface area contributed by atoms with E-state index in [0.29, 0.717) is 17.2 Å². The van der Waals surface area contributed by atoms with E-state index in [1.54, 1.807) is 0 Å². The smallest absolute Gasteiger partial charge is 0.258 e. The Hall–Kier alpha value is -3.14. The molecule has 1 aliphatic heterocycles. The van der Waals surface area contributed by atoms with Crippen molar-refractivity contribution in [2.45, 2.75) is 12.8 Å². The average Bonchev–Trinajstić information content (AvgIpc) is 2.62. The van der Waals surface area contributed by atoms with E-state index in [2.05, 4.69) is 9.97 Å². The molecule has 1 aromatic heterocycles. The van der Waals surface area contributed by atoms with Crippen LogP contribution in [0, 0.1) is 6.92 Å². The summed E-state index contributed by atoms with van der Waals surface area (Å²) in [6.07, 6.45) is 3.36. The van der Waals surface area contributed by atoms with Gasteiger partial charge in [-0.25, -0.2) is 4.98 Å². The highest BCUT2D eigenvalue weighted by Crippen LogP contribution is 2.37. The number of hydrogen-bond donors (Lipinski definition) is 1. The quantitative estimate of drug-likeness (QED) is 0.785. The molecule has 118 valence electrons. The molecule has 1 aliphatic rings. The van der Waals surface area contributed by atoms with E-state index in [0.717, 1.165) is 11.1 Å². The molecule has 0 saturated heterocycles. The van der Waals surface area contributed by atoms with Gasteiger partial charge in [0.15, 0.2) is 0 Å². The monoisotopic (exact) mass is 316 g/mol. The van der Waals surface area contributed by atoms with Crippen LogP contribution in [-0.2, 0) is 0 Å². The first kappa shape index (κ1) is 14.5. The lowest BCUT2D eigenvalue weighted by molar-refractivity contribution is 0.467. The molecule has 4 rings (SSSR count). The number of hydrogen-bond acceptors (Lipinski definition) is 3. The fraction of sp³-hybridized carbons (Fsp3) is 0.100.